The van der Waals surface area contributed by atoms with E-state index < -0.39 is 36.4 Å². The minimum absolute atomic E-state index is 0.0933. The number of alkyl halides is 3. The summed E-state index contributed by atoms with van der Waals surface area (Å²) >= 11 is 5.89. The highest BCUT2D eigenvalue weighted by atomic mass is 35.5. The third-order valence-electron chi connectivity index (χ3n) is 3.99. The van der Waals surface area contributed by atoms with E-state index in [0.717, 1.165) is 4.90 Å². The minimum atomic E-state index is -4.97. The zero-order valence-corrected chi connectivity index (χ0v) is 13.6. The fourth-order valence-corrected chi connectivity index (χ4v) is 2.64. The number of hydrogen-bond donors (Lipinski definition) is 1. The van der Waals surface area contributed by atoms with E-state index >= 15 is 0 Å². The molecule has 6 nitrogen and oxygen atoms in total. The SMILES string of the molecule is CC(C)c1ncc(Cl)c(C(=O)N2CCC(C(=O)O)(C(F)(F)F)C2)n1. The summed E-state index contributed by atoms with van der Waals surface area (Å²) in [6.07, 6.45) is -4.47. The minimum Gasteiger partial charge on any atom is -0.481 e. The van der Waals surface area contributed by atoms with Crippen LogP contribution >= 0.6 is 11.6 Å². The van der Waals surface area contributed by atoms with Crippen molar-refractivity contribution in [2.75, 3.05) is 13.1 Å². The number of likely N-dealkylation sites (tertiary alicyclic amines) is 1. The first-order valence-corrected chi connectivity index (χ1v) is 7.49. The summed E-state index contributed by atoms with van der Waals surface area (Å²) in [6.45, 7) is 2.25. The van der Waals surface area contributed by atoms with Gasteiger partial charge in [-0.05, 0) is 6.42 Å². The first kappa shape index (κ1) is 18.4. The van der Waals surface area contributed by atoms with Crippen LogP contribution in [0, 0.1) is 5.41 Å². The quantitative estimate of drug-likeness (QED) is 0.890. The lowest BCUT2D eigenvalue weighted by Crippen LogP contribution is -2.47. The summed E-state index contributed by atoms with van der Waals surface area (Å²) in [4.78, 5) is 32.4. The van der Waals surface area contributed by atoms with E-state index in [1.165, 1.54) is 6.20 Å². The van der Waals surface area contributed by atoms with Gasteiger partial charge in [-0.1, -0.05) is 25.4 Å². The second-order valence-corrected chi connectivity index (χ2v) is 6.35. The zero-order valence-electron chi connectivity index (χ0n) is 12.9. The normalized spacial score (nSPS) is 21.4. The Morgan fingerprint density at radius 2 is 2.04 bits per heavy atom. The predicted octanol–water partition coefficient (Wildman–Crippen LogP) is 2.73. The zero-order chi connectivity index (χ0) is 18.3. The summed E-state index contributed by atoms with van der Waals surface area (Å²) in [6, 6.07) is 0. The maximum atomic E-state index is 13.2. The van der Waals surface area contributed by atoms with Crippen molar-refractivity contribution in [3.63, 3.8) is 0 Å². The molecule has 1 aromatic rings. The number of carboxylic acids is 1. The Kier molecular flexibility index (Phi) is 4.76. The molecule has 0 bridgehead atoms. The lowest BCUT2D eigenvalue weighted by atomic mass is 9.86. The van der Waals surface area contributed by atoms with Crippen LogP contribution in [-0.4, -0.2) is 51.1 Å². The van der Waals surface area contributed by atoms with Gasteiger partial charge in [0, 0.05) is 19.0 Å². The van der Waals surface area contributed by atoms with Crippen LogP contribution in [0.1, 0.15) is 42.5 Å². The van der Waals surface area contributed by atoms with Crippen molar-refractivity contribution in [1.82, 2.24) is 14.9 Å². The lowest BCUT2D eigenvalue weighted by molar-refractivity contribution is -0.227. The largest absolute Gasteiger partial charge is 0.481 e. The molecule has 1 aliphatic heterocycles. The number of halogens is 4. The average molecular weight is 366 g/mol. The van der Waals surface area contributed by atoms with E-state index in [1.54, 1.807) is 13.8 Å². The number of aliphatic carboxylic acids is 1. The molecule has 1 atom stereocenters. The van der Waals surface area contributed by atoms with Gasteiger partial charge >= 0.3 is 12.1 Å². The van der Waals surface area contributed by atoms with Crippen LogP contribution in [0.15, 0.2) is 6.20 Å². The Labute approximate surface area is 140 Å². The molecule has 1 amide bonds. The number of carboxylic acid groups (broad SMARTS) is 1. The van der Waals surface area contributed by atoms with Crippen molar-refractivity contribution in [2.45, 2.75) is 32.4 Å². The van der Waals surface area contributed by atoms with Gasteiger partial charge in [-0.15, -0.1) is 0 Å². The van der Waals surface area contributed by atoms with Crippen LogP contribution in [-0.2, 0) is 4.79 Å². The van der Waals surface area contributed by atoms with Crippen molar-refractivity contribution in [2.24, 2.45) is 5.41 Å². The van der Waals surface area contributed by atoms with Gasteiger partial charge in [0.1, 0.15) is 5.82 Å². The van der Waals surface area contributed by atoms with Gasteiger partial charge in [0.25, 0.3) is 5.91 Å². The first-order valence-electron chi connectivity index (χ1n) is 7.11. The summed E-state index contributed by atoms with van der Waals surface area (Å²) < 4.78 is 39.6. The molecule has 1 unspecified atom stereocenters. The molecule has 1 N–H and O–H groups in total. The number of hydrogen-bond acceptors (Lipinski definition) is 4. The second kappa shape index (κ2) is 6.19. The van der Waals surface area contributed by atoms with Gasteiger partial charge in [0.2, 0.25) is 0 Å². The van der Waals surface area contributed by atoms with Gasteiger partial charge in [-0.3, -0.25) is 9.59 Å². The fraction of sp³-hybridized carbons (Fsp3) is 0.571. The average Bonchev–Trinajstić information content (AvgIpc) is 2.93. The molecule has 2 heterocycles. The molecule has 1 fully saturated rings. The highest BCUT2D eigenvalue weighted by Crippen LogP contribution is 2.46. The van der Waals surface area contributed by atoms with Gasteiger partial charge < -0.3 is 10.0 Å². The number of amides is 1. The Morgan fingerprint density at radius 1 is 1.42 bits per heavy atom. The van der Waals surface area contributed by atoms with Crippen LogP contribution in [0.3, 0.4) is 0 Å². The molecule has 0 aromatic carbocycles. The molecule has 2 rings (SSSR count). The van der Waals surface area contributed by atoms with E-state index in [1.807, 2.05) is 0 Å². The van der Waals surface area contributed by atoms with E-state index in [-0.39, 0.29) is 23.2 Å². The van der Waals surface area contributed by atoms with Crippen molar-refractivity contribution < 1.29 is 27.9 Å². The van der Waals surface area contributed by atoms with Gasteiger partial charge in [0.15, 0.2) is 11.1 Å². The van der Waals surface area contributed by atoms with Gasteiger partial charge in [0.05, 0.1) is 11.2 Å². The highest BCUT2D eigenvalue weighted by molar-refractivity contribution is 6.33. The van der Waals surface area contributed by atoms with E-state index in [4.69, 9.17) is 16.7 Å². The van der Waals surface area contributed by atoms with Crippen molar-refractivity contribution in [1.29, 1.82) is 0 Å². The molecular weight excluding hydrogens is 351 g/mol. The summed E-state index contributed by atoms with van der Waals surface area (Å²) in [5.41, 5.74) is -3.19. The molecule has 0 aliphatic carbocycles. The molecule has 0 saturated carbocycles. The Morgan fingerprint density at radius 3 is 2.50 bits per heavy atom. The number of carbonyl (C=O) groups excluding carboxylic acids is 1. The van der Waals surface area contributed by atoms with E-state index in [9.17, 15) is 22.8 Å². The number of carbonyl (C=O) groups is 2. The van der Waals surface area contributed by atoms with Crippen molar-refractivity contribution in [3.8, 4) is 0 Å². The van der Waals surface area contributed by atoms with Crippen molar-refractivity contribution >= 4 is 23.5 Å². The standard InChI is InChI=1S/C14H15ClF3N3O3/c1-7(2)10-19-5-8(15)9(20-10)11(22)21-4-3-13(6-21,12(23)24)14(16,17)18/h5,7H,3-4,6H2,1-2H3,(H,23,24). The summed E-state index contributed by atoms with van der Waals surface area (Å²) in [5, 5.41) is 8.94. The first-order chi connectivity index (χ1) is 11.0. The predicted molar refractivity (Wildman–Crippen MR) is 77.8 cm³/mol. The monoisotopic (exact) mass is 365 g/mol. The van der Waals surface area contributed by atoms with Gasteiger partial charge in [-0.25, -0.2) is 9.97 Å². The number of aromatic nitrogens is 2. The second-order valence-electron chi connectivity index (χ2n) is 5.94. The van der Waals surface area contributed by atoms with Crippen LogP contribution in [0.5, 0.6) is 0 Å². The molecule has 0 spiro atoms. The van der Waals surface area contributed by atoms with Crippen LogP contribution in [0.2, 0.25) is 5.02 Å². The molecular formula is C14H15ClF3N3O3. The van der Waals surface area contributed by atoms with Crippen LogP contribution in [0.25, 0.3) is 0 Å². The van der Waals surface area contributed by atoms with E-state index in [0.29, 0.717) is 5.82 Å². The lowest BCUT2D eigenvalue weighted by Gasteiger charge is -2.27. The molecule has 1 aromatic heterocycles. The Balaban J connectivity index is 2.33. The van der Waals surface area contributed by atoms with Crippen molar-refractivity contribution in [3.05, 3.63) is 22.7 Å². The summed E-state index contributed by atoms with van der Waals surface area (Å²) in [5.74, 6) is -2.62. The number of nitrogens with zero attached hydrogens (tertiary/aromatic N) is 3. The van der Waals surface area contributed by atoms with Crippen LogP contribution < -0.4 is 0 Å². The van der Waals surface area contributed by atoms with Gasteiger partial charge in [-0.2, -0.15) is 13.2 Å². The molecule has 24 heavy (non-hydrogen) atoms. The summed E-state index contributed by atoms with van der Waals surface area (Å²) in [7, 11) is 0. The molecule has 10 heteroatoms. The molecule has 1 aliphatic rings. The van der Waals surface area contributed by atoms with E-state index in [2.05, 4.69) is 9.97 Å². The maximum Gasteiger partial charge on any atom is 0.406 e. The molecule has 1 saturated heterocycles. The fourth-order valence-electron chi connectivity index (χ4n) is 2.47. The molecule has 0 radical (unpaired) electrons. The Bertz CT molecular complexity index is 681. The van der Waals surface area contributed by atoms with Crippen LogP contribution in [0.4, 0.5) is 13.2 Å². The highest BCUT2D eigenvalue weighted by Gasteiger charge is 2.64. The smallest absolute Gasteiger partial charge is 0.406 e. The number of rotatable bonds is 3. The maximum absolute atomic E-state index is 13.2. The Hall–Kier alpha value is -1.90. The topological polar surface area (TPSA) is 83.4 Å². The third kappa shape index (κ3) is 3.04. The third-order valence-corrected chi connectivity index (χ3v) is 4.27. The molecule has 132 valence electrons.